The molecule has 96 heavy (non-hydrogen) atoms. The summed E-state index contributed by atoms with van der Waals surface area (Å²) in [5.74, 6) is -10.8. The molecule has 0 spiro atoms. The molecule has 2 heterocycles. The maximum absolute atomic E-state index is 15.4. The molecule has 0 saturated carbocycles. The van der Waals surface area contributed by atoms with E-state index in [9.17, 15) is 34.2 Å². The highest BCUT2D eigenvalue weighted by Gasteiger charge is 2.47. The summed E-state index contributed by atoms with van der Waals surface area (Å²) in [5.41, 5.74) is -1.63. The summed E-state index contributed by atoms with van der Waals surface area (Å²) in [6.45, 7) is 29.1. The average molecular weight is 1360 g/mol. The fourth-order valence-corrected chi connectivity index (χ4v) is 12.1. The van der Waals surface area contributed by atoms with Crippen LogP contribution in [0.2, 0.25) is 0 Å². The van der Waals surface area contributed by atoms with Gasteiger partial charge in [0.2, 0.25) is 65.0 Å². The van der Waals surface area contributed by atoms with E-state index in [0.717, 1.165) is 14.7 Å². The van der Waals surface area contributed by atoms with Gasteiger partial charge in [-0.3, -0.25) is 52.7 Å². The predicted octanol–water partition coefficient (Wildman–Crippen LogP) is 2.92. The van der Waals surface area contributed by atoms with Gasteiger partial charge in [0, 0.05) is 62.2 Å². The zero-order valence-electron chi connectivity index (χ0n) is 62.4. The lowest BCUT2D eigenvalue weighted by atomic mass is 9.91. The Morgan fingerprint density at radius 2 is 0.979 bits per heavy atom. The highest BCUT2D eigenvalue weighted by Crippen LogP contribution is 2.27. The topological polar surface area (TPSA) is 327 Å². The predicted molar refractivity (Wildman–Crippen MR) is 365 cm³/mol. The number of carbonyl (C=O) groups is 11. The SMILES string of the molecule is C/C=C/C[C@@H](C)[C@@H](O)[C@H]1C(=O)N[C@@H](CC)C(=O)N(C)[C@H](COCCC2OCCCO2)C(=O)N(C)[C@@H](CC(C)(C)O)C(=O)N[C@@H](C(C)C)C(=O)N(C)[C@@H](CC(C)C)C(=O)N[C@@H](C)C(=O)N[C@H](C)C(=O)N(C)[C@@H](CC(C)C)C(=O)N(C)[C@@H](CC(C)C)C(=O)N(C)[C@@H](C(C)C)C(=O)N1C. The first-order valence-corrected chi connectivity index (χ1v) is 34.4. The fraction of sp³-hybridized carbons (Fsp3) is 0.812. The van der Waals surface area contributed by atoms with Crippen LogP contribution in [-0.4, -0.2) is 270 Å². The molecule has 6 N–H and O–H groups in total. The average Bonchev–Trinajstić information content (AvgIpc) is 0.812. The first kappa shape index (κ1) is 85.8. The first-order chi connectivity index (χ1) is 44.5. The number of nitrogens with zero attached hydrogens (tertiary/aromatic N) is 7. The summed E-state index contributed by atoms with van der Waals surface area (Å²) >= 11 is 0. The van der Waals surface area contributed by atoms with E-state index in [-0.39, 0.29) is 69.3 Å². The zero-order chi connectivity index (χ0) is 73.7. The van der Waals surface area contributed by atoms with Crippen molar-refractivity contribution >= 4 is 65.0 Å². The molecule has 0 aliphatic carbocycles. The van der Waals surface area contributed by atoms with E-state index < -0.39 is 174 Å². The van der Waals surface area contributed by atoms with Gasteiger partial charge in [-0.15, -0.1) is 0 Å². The minimum absolute atomic E-state index is 0.0113. The van der Waals surface area contributed by atoms with Crippen LogP contribution in [0, 0.1) is 35.5 Å². The van der Waals surface area contributed by atoms with E-state index in [1.165, 1.54) is 96.6 Å². The molecule has 0 radical (unpaired) electrons. The number of carbonyl (C=O) groups excluding carboxylic acids is 11. The summed E-state index contributed by atoms with van der Waals surface area (Å²) in [5, 5.41) is 34.7. The fourth-order valence-electron chi connectivity index (χ4n) is 12.1. The van der Waals surface area contributed by atoms with Crippen molar-refractivity contribution in [2.24, 2.45) is 35.5 Å². The van der Waals surface area contributed by atoms with Crippen molar-refractivity contribution < 1.29 is 77.2 Å². The van der Waals surface area contributed by atoms with Gasteiger partial charge in [-0.2, -0.15) is 0 Å². The van der Waals surface area contributed by atoms with Crippen LogP contribution in [0.25, 0.3) is 0 Å². The van der Waals surface area contributed by atoms with Crippen LogP contribution in [0.3, 0.4) is 0 Å². The van der Waals surface area contributed by atoms with Gasteiger partial charge in [0.25, 0.3) is 0 Å². The Balaban J connectivity index is 3.12. The summed E-state index contributed by atoms with van der Waals surface area (Å²) in [6, 6.07) is -14.9. The largest absolute Gasteiger partial charge is 0.390 e. The van der Waals surface area contributed by atoms with Gasteiger partial charge in [-0.05, 0) is 109 Å². The van der Waals surface area contributed by atoms with Crippen LogP contribution in [0.1, 0.15) is 169 Å². The number of allylic oxidation sites excluding steroid dienone is 2. The second-order valence-electron chi connectivity index (χ2n) is 29.1. The highest BCUT2D eigenvalue weighted by atomic mass is 16.7. The molecule has 550 valence electrons. The van der Waals surface area contributed by atoms with Crippen LogP contribution in [0.15, 0.2) is 12.2 Å². The number of likely N-dealkylation sites (N-methyl/N-ethyl adjacent to an activating group) is 7. The van der Waals surface area contributed by atoms with Gasteiger partial charge < -0.3 is 80.0 Å². The lowest BCUT2D eigenvalue weighted by Crippen LogP contribution is -2.64. The molecule has 2 fully saturated rings. The zero-order valence-corrected chi connectivity index (χ0v) is 62.4. The lowest BCUT2D eigenvalue weighted by Gasteiger charge is -2.41. The Morgan fingerprint density at radius 1 is 0.531 bits per heavy atom. The van der Waals surface area contributed by atoms with Crippen LogP contribution < -0.4 is 21.3 Å². The third kappa shape index (κ3) is 24.6. The minimum Gasteiger partial charge on any atom is -0.390 e. The smallest absolute Gasteiger partial charge is 0.248 e. The molecule has 0 aromatic carbocycles. The van der Waals surface area contributed by atoms with E-state index in [1.54, 1.807) is 60.6 Å². The Bertz CT molecular complexity index is 2630. The van der Waals surface area contributed by atoms with Crippen LogP contribution in [0.4, 0.5) is 0 Å². The lowest BCUT2D eigenvalue weighted by molar-refractivity contribution is -0.187. The molecule has 0 aromatic rings. The Hall–Kier alpha value is -6.29. The van der Waals surface area contributed by atoms with Crippen molar-refractivity contribution in [1.29, 1.82) is 0 Å². The maximum Gasteiger partial charge on any atom is 0.248 e. The molecular weight excluding hydrogens is 1240 g/mol. The maximum atomic E-state index is 15.4. The molecule has 2 saturated heterocycles. The molecule has 13 atom stereocenters. The standard InChI is InChI=1S/C69H123N11O16/c1-25-27-29-44(13)57(81)56-61(85)72-47(26-2)63(87)78(22)52(38-94-33-30-53-95-31-28-32-96-53)66(90)77(21)51(37-69(16,17)93)60(84)73-54(42(9)10)67(91)74(18)48(34-39(3)4)59(83)70-45(14)58(82)71-46(15)62(86)75(19)49(35-40(5)6)64(88)76(20)50(36-41(7)8)65(89)79(23)55(43(11)12)68(92)80(56)24/h25,27,39-57,81,93H,26,28-38H2,1-24H3,(H,70,83)(H,71,82)(H,72,85)(H,73,84)/b27-25+/t44-,45+,46-,47+,48+,49+,50+,51+,52-,54+,55+,56+,57-/m1/s1. The van der Waals surface area contributed by atoms with Gasteiger partial charge in [0.1, 0.15) is 66.5 Å². The van der Waals surface area contributed by atoms with Gasteiger partial charge in [-0.25, -0.2) is 0 Å². The molecule has 0 unspecified atom stereocenters. The normalized spacial score (nSPS) is 27.3. The van der Waals surface area contributed by atoms with Crippen LogP contribution >= 0.6 is 0 Å². The van der Waals surface area contributed by atoms with Crippen molar-refractivity contribution in [3.8, 4) is 0 Å². The van der Waals surface area contributed by atoms with E-state index in [0.29, 0.717) is 19.6 Å². The number of ether oxygens (including phenoxy) is 3. The number of amides is 11. The van der Waals surface area contributed by atoms with E-state index in [2.05, 4.69) is 21.3 Å². The van der Waals surface area contributed by atoms with Crippen LogP contribution in [-0.2, 0) is 67.0 Å². The molecule has 2 aliphatic heterocycles. The van der Waals surface area contributed by atoms with E-state index in [4.69, 9.17) is 14.2 Å². The summed E-state index contributed by atoms with van der Waals surface area (Å²) in [4.78, 5) is 172. The van der Waals surface area contributed by atoms with E-state index in [1.807, 2.05) is 41.5 Å². The molecule has 27 heteroatoms. The molecule has 2 rings (SSSR count). The quantitative estimate of drug-likeness (QED) is 0.0754. The van der Waals surface area contributed by atoms with Gasteiger partial charge >= 0.3 is 0 Å². The molecule has 27 nitrogen and oxygen atoms in total. The molecule has 2 aliphatic rings. The number of nitrogens with one attached hydrogen (secondary N) is 4. The van der Waals surface area contributed by atoms with E-state index >= 15 is 28.8 Å². The summed E-state index contributed by atoms with van der Waals surface area (Å²) in [6.07, 6.45) is 2.48. The number of rotatable bonds is 20. The van der Waals surface area contributed by atoms with Gasteiger partial charge in [0.15, 0.2) is 6.29 Å². The number of aliphatic hydroxyl groups excluding tert-OH is 1. The molecule has 0 bridgehead atoms. The van der Waals surface area contributed by atoms with Crippen molar-refractivity contribution in [2.45, 2.75) is 254 Å². The summed E-state index contributed by atoms with van der Waals surface area (Å²) < 4.78 is 17.5. The van der Waals surface area contributed by atoms with Crippen molar-refractivity contribution in [3.05, 3.63) is 12.2 Å². The van der Waals surface area contributed by atoms with Gasteiger partial charge in [-0.1, -0.05) is 95.2 Å². The van der Waals surface area contributed by atoms with Gasteiger partial charge in [0.05, 0.1) is 38.1 Å². The molecule has 0 aromatic heterocycles. The third-order valence-electron chi connectivity index (χ3n) is 18.1. The van der Waals surface area contributed by atoms with Crippen molar-refractivity contribution in [1.82, 2.24) is 55.6 Å². The second kappa shape index (κ2) is 39.3. The Morgan fingerprint density at radius 3 is 1.47 bits per heavy atom. The van der Waals surface area contributed by atoms with Crippen molar-refractivity contribution in [2.75, 3.05) is 75.8 Å². The second-order valence-corrected chi connectivity index (χ2v) is 29.1. The van der Waals surface area contributed by atoms with Crippen molar-refractivity contribution in [3.63, 3.8) is 0 Å². The first-order valence-electron chi connectivity index (χ1n) is 34.4. The minimum atomic E-state index is -1.69. The Labute approximate surface area is 572 Å². The monoisotopic (exact) mass is 1360 g/mol. The summed E-state index contributed by atoms with van der Waals surface area (Å²) in [7, 11) is 9.66. The number of aliphatic hydroxyl groups is 2. The van der Waals surface area contributed by atoms with Crippen LogP contribution in [0.5, 0.6) is 0 Å². The molecular formula is C69H123N11O16. The third-order valence-corrected chi connectivity index (χ3v) is 18.1. The highest BCUT2D eigenvalue weighted by molar-refractivity contribution is 6.00. The Kier molecular flexibility index (Phi) is 35.2. The number of hydrogen-bond donors (Lipinski definition) is 6. The molecule has 11 amide bonds. The number of hydrogen-bond acceptors (Lipinski definition) is 16.